The fourth-order valence-corrected chi connectivity index (χ4v) is 3.99. The maximum Gasteiger partial charge on any atom is 0.261 e. The number of amides is 2. The number of ether oxygens (including phenoxy) is 1. The van der Waals surface area contributed by atoms with Crippen LogP contribution in [-0.2, 0) is 0 Å². The van der Waals surface area contributed by atoms with E-state index < -0.39 is 11.8 Å². The van der Waals surface area contributed by atoms with Gasteiger partial charge in [0.05, 0.1) is 12.2 Å². The number of rotatable bonds is 7. The molecule has 3 aromatic rings. The molecule has 0 spiro atoms. The SMILES string of the molecule is Cc1sc(NC(=O)c2cccnc2OCC(C)C)c(C(N)=O)c1-c1ccccc1. The second-order valence-corrected chi connectivity index (χ2v) is 8.21. The molecule has 1 aromatic carbocycles. The topological polar surface area (TPSA) is 94.3 Å². The first-order valence-electron chi connectivity index (χ1n) is 9.26. The molecule has 0 aliphatic carbocycles. The van der Waals surface area contributed by atoms with E-state index in [-0.39, 0.29) is 5.88 Å². The molecule has 150 valence electrons. The number of primary amides is 1. The molecule has 0 bridgehead atoms. The number of carbonyl (C=O) groups excluding carboxylic acids is 2. The third kappa shape index (κ3) is 4.63. The number of aryl methyl sites for hydroxylation is 1. The third-order valence-corrected chi connectivity index (χ3v) is 5.21. The number of anilines is 1. The van der Waals surface area contributed by atoms with Crippen molar-refractivity contribution >= 4 is 28.2 Å². The first kappa shape index (κ1) is 20.5. The van der Waals surface area contributed by atoms with Gasteiger partial charge in [0.2, 0.25) is 5.88 Å². The Morgan fingerprint density at radius 2 is 1.90 bits per heavy atom. The number of hydrogen-bond donors (Lipinski definition) is 2. The van der Waals surface area contributed by atoms with Crippen molar-refractivity contribution in [2.75, 3.05) is 11.9 Å². The first-order chi connectivity index (χ1) is 13.9. The number of nitrogens with zero attached hydrogens (tertiary/aromatic N) is 1. The van der Waals surface area contributed by atoms with Crippen molar-refractivity contribution in [1.82, 2.24) is 4.98 Å². The predicted octanol–water partition coefficient (Wildman–Crippen LogP) is 4.50. The van der Waals surface area contributed by atoms with Gasteiger partial charge in [0.25, 0.3) is 11.8 Å². The van der Waals surface area contributed by atoms with Crippen molar-refractivity contribution in [3.8, 4) is 17.0 Å². The number of benzene rings is 1. The molecule has 2 heterocycles. The second-order valence-electron chi connectivity index (χ2n) is 6.98. The van der Waals surface area contributed by atoms with Crippen LogP contribution in [0.25, 0.3) is 11.1 Å². The van der Waals surface area contributed by atoms with E-state index in [2.05, 4.69) is 10.3 Å². The summed E-state index contributed by atoms with van der Waals surface area (Å²) in [6.45, 7) is 6.37. The monoisotopic (exact) mass is 409 g/mol. The van der Waals surface area contributed by atoms with Gasteiger partial charge in [0, 0.05) is 16.6 Å². The highest BCUT2D eigenvalue weighted by atomic mass is 32.1. The van der Waals surface area contributed by atoms with Gasteiger partial charge >= 0.3 is 0 Å². The van der Waals surface area contributed by atoms with Crippen LogP contribution in [0.3, 0.4) is 0 Å². The molecule has 0 saturated carbocycles. The van der Waals surface area contributed by atoms with E-state index in [9.17, 15) is 9.59 Å². The normalized spacial score (nSPS) is 10.8. The summed E-state index contributed by atoms with van der Waals surface area (Å²) in [7, 11) is 0. The Bertz CT molecular complexity index is 1030. The number of thiophene rings is 1. The largest absolute Gasteiger partial charge is 0.477 e. The summed E-state index contributed by atoms with van der Waals surface area (Å²) >= 11 is 1.32. The lowest BCUT2D eigenvalue weighted by atomic mass is 10.0. The Labute approximate surface area is 173 Å². The minimum atomic E-state index is -0.592. The van der Waals surface area contributed by atoms with Crippen LogP contribution in [0.15, 0.2) is 48.7 Å². The maximum absolute atomic E-state index is 12.9. The summed E-state index contributed by atoms with van der Waals surface area (Å²) in [4.78, 5) is 30.2. The molecular weight excluding hydrogens is 386 g/mol. The lowest BCUT2D eigenvalue weighted by molar-refractivity contribution is 0.100. The Morgan fingerprint density at radius 1 is 1.17 bits per heavy atom. The molecule has 3 N–H and O–H groups in total. The highest BCUT2D eigenvalue weighted by Gasteiger charge is 2.24. The standard InChI is InChI=1S/C22H23N3O3S/c1-13(2)12-28-21-16(10-7-11-24-21)20(27)25-22-18(19(23)26)17(14(3)29-22)15-8-5-4-6-9-15/h4-11,13H,12H2,1-3H3,(H2,23,26)(H,25,27). The molecule has 3 rings (SSSR count). The van der Waals surface area contributed by atoms with E-state index >= 15 is 0 Å². The van der Waals surface area contributed by atoms with Crippen LogP contribution < -0.4 is 15.8 Å². The summed E-state index contributed by atoms with van der Waals surface area (Å²) in [5.74, 6) is -0.440. The average molecular weight is 410 g/mol. The van der Waals surface area contributed by atoms with Crippen LogP contribution >= 0.6 is 11.3 Å². The molecule has 0 radical (unpaired) electrons. The molecule has 2 aromatic heterocycles. The molecule has 0 atom stereocenters. The van der Waals surface area contributed by atoms with E-state index in [1.165, 1.54) is 11.3 Å². The summed E-state index contributed by atoms with van der Waals surface area (Å²) in [6, 6.07) is 12.8. The van der Waals surface area contributed by atoms with E-state index in [0.29, 0.717) is 28.7 Å². The first-order valence-corrected chi connectivity index (χ1v) is 10.1. The van der Waals surface area contributed by atoms with Gasteiger partial charge in [0.15, 0.2) is 0 Å². The fourth-order valence-electron chi connectivity index (χ4n) is 2.91. The highest BCUT2D eigenvalue weighted by molar-refractivity contribution is 7.17. The molecule has 2 amide bonds. The lowest BCUT2D eigenvalue weighted by Gasteiger charge is -2.12. The number of pyridine rings is 1. The predicted molar refractivity (Wildman–Crippen MR) is 116 cm³/mol. The van der Waals surface area contributed by atoms with Gasteiger partial charge in [-0.1, -0.05) is 44.2 Å². The minimum absolute atomic E-state index is 0.260. The zero-order valence-corrected chi connectivity index (χ0v) is 17.4. The van der Waals surface area contributed by atoms with Gasteiger partial charge < -0.3 is 15.8 Å². The van der Waals surface area contributed by atoms with Crippen LogP contribution in [0.5, 0.6) is 5.88 Å². The average Bonchev–Trinajstić information content (AvgIpc) is 3.03. The molecule has 6 nitrogen and oxygen atoms in total. The number of nitrogens with two attached hydrogens (primary N) is 1. The Morgan fingerprint density at radius 3 is 2.55 bits per heavy atom. The van der Waals surface area contributed by atoms with E-state index in [1.54, 1.807) is 18.3 Å². The molecule has 0 aliphatic rings. The molecule has 0 fully saturated rings. The van der Waals surface area contributed by atoms with Gasteiger partial charge in [0.1, 0.15) is 10.6 Å². The molecule has 0 unspecified atom stereocenters. The van der Waals surface area contributed by atoms with Crippen molar-refractivity contribution in [2.24, 2.45) is 11.7 Å². The minimum Gasteiger partial charge on any atom is -0.477 e. The smallest absolute Gasteiger partial charge is 0.261 e. The summed E-state index contributed by atoms with van der Waals surface area (Å²) in [6.07, 6.45) is 1.57. The number of carbonyl (C=O) groups is 2. The van der Waals surface area contributed by atoms with Crippen LogP contribution in [0.4, 0.5) is 5.00 Å². The van der Waals surface area contributed by atoms with E-state index in [0.717, 1.165) is 16.0 Å². The van der Waals surface area contributed by atoms with Gasteiger partial charge in [-0.05, 0) is 30.5 Å². The Kier molecular flexibility index (Phi) is 6.29. The van der Waals surface area contributed by atoms with Gasteiger partial charge in [-0.2, -0.15) is 0 Å². The van der Waals surface area contributed by atoms with Crippen LogP contribution in [0.1, 0.15) is 39.4 Å². The van der Waals surface area contributed by atoms with Crippen molar-refractivity contribution in [3.05, 3.63) is 64.7 Å². The molecule has 0 aliphatic heterocycles. The maximum atomic E-state index is 12.9. The molecule has 0 saturated heterocycles. The zero-order valence-electron chi connectivity index (χ0n) is 16.6. The van der Waals surface area contributed by atoms with E-state index in [1.807, 2.05) is 51.1 Å². The fraction of sp³-hybridized carbons (Fsp3) is 0.227. The third-order valence-electron chi connectivity index (χ3n) is 4.19. The van der Waals surface area contributed by atoms with Gasteiger partial charge in [-0.15, -0.1) is 11.3 Å². The molecule has 29 heavy (non-hydrogen) atoms. The number of nitrogens with one attached hydrogen (secondary N) is 1. The van der Waals surface area contributed by atoms with Crippen LogP contribution in [-0.4, -0.2) is 23.4 Å². The Balaban J connectivity index is 1.96. The lowest BCUT2D eigenvalue weighted by Crippen LogP contribution is -2.18. The number of hydrogen-bond acceptors (Lipinski definition) is 5. The van der Waals surface area contributed by atoms with Gasteiger partial charge in [-0.25, -0.2) is 4.98 Å². The van der Waals surface area contributed by atoms with E-state index in [4.69, 9.17) is 10.5 Å². The van der Waals surface area contributed by atoms with Gasteiger partial charge in [-0.3, -0.25) is 9.59 Å². The quantitative estimate of drug-likeness (QED) is 0.600. The van der Waals surface area contributed by atoms with Crippen molar-refractivity contribution < 1.29 is 14.3 Å². The van der Waals surface area contributed by atoms with Crippen molar-refractivity contribution in [3.63, 3.8) is 0 Å². The highest BCUT2D eigenvalue weighted by Crippen LogP contribution is 2.39. The van der Waals surface area contributed by atoms with Crippen LogP contribution in [0.2, 0.25) is 0 Å². The zero-order chi connectivity index (χ0) is 21.0. The van der Waals surface area contributed by atoms with Crippen molar-refractivity contribution in [2.45, 2.75) is 20.8 Å². The van der Waals surface area contributed by atoms with Crippen LogP contribution in [0, 0.1) is 12.8 Å². The Hall–Kier alpha value is -3.19. The van der Waals surface area contributed by atoms with Crippen molar-refractivity contribution in [1.29, 1.82) is 0 Å². The molecule has 7 heteroatoms. The second kappa shape index (κ2) is 8.87. The summed E-state index contributed by atoms with van der Waals surface area (Å²) in [5.41, 5.74) is 7.89. The number of aromatic nitrogens is 1. The molecular formula is C22H23N3O3S. The summed E-state index contributed by atoms with van der Waals surface area (Å²) in [5, 5.41) is 3.24. The summed E-state index contributed by atoms with van der Waals surface area (Å²) < 4.78 is 5.67.